The molecule has 0 radical (unpaired) electrons. The zero-order valence-corrected chi connectivity index (χ0v) is 11.1. The normalized spacial score (nSPS) is 28.3. The van der Waals surface area contributed by atoms with Crippen LogP contribution in [0, 0.1) is 17.8 Å². The molecule has 20 heavy (non-hydrogen) atoms. The van der Waals surface area contributed by atoms with Crippen LogP contribution in [-0.2, 0) is 14.4 Å². The van der Waals surface area contributed by atoms with Crippen LogP contribution in [0.5, 0.6) is 0 Å². The van der Waals surface area contributed by atoms with Gasteiger partial charge in [0.2, 0.25) is 5.91 Å². The molecule has 0 heterocycles. The number of nitrogens with one attached hydrogen (secondary N) is 1. The van der Waals surface area contributed by atoms with Gasteiger partial charge in [0.25, 0.3) is 0 Å². The number of hydrogen-bond donors (Lipinski definition) is 3. The number of hydrogen-bond acceptors (Lipinski definition) is 3. The van der Waals surface area contributed by atoms with E-state index in [9.17, 15) is 14.4 Å². The molecule has 0 aromatic heterocycles. The van der Waals surface area contributed by atoms with E-state index in [2.05, 4.69) is 11.4 Å². The first kappa shape index (κ1) is 14.6. The second kappa shape index (κ2) is 6.07. The summed E-state index contributed by atoms with van der Waals surface area (Å²) in [5.74, 6) is -1.74. The van der Waals surface area contributed by atoms with Crippen LogP contribution in [-0.4, -0.2) is 34.1 Å². The minimum Gasteiger partial charge on any atom is -0.481 e. The van der Waals surface area contributed by atoms with E-state index < -0.39 is 18.0 Å². The van der Waals surface area contributed by atoms with Crippen LogP contribution in [0.2, 0.25) is 0 Å². The standard InChI is InChI=1S/C14H19NO5/c16-12(17)3-1-2-11(14(19)20)15-13(18)10-7-8-4-5-9(10)6-8/h4-5,8-11H,1-3,6-7H2,(H,15,18)(H,16,17)(H,19,20)/t8?,9?,10?,11-/m1/s1. The number of carbonyl (C=O) groups excluding carboxylic acids is 1. The van der Waals surface area contributed by atoms with Crippen molar-refractivity contribution in [2.75, 3.05) is 0 Å². The monoisotopic (exact) mass is 281 g/mol. The summed E-state index contributed by atoms with van der Waals surface area (Å²) in [5, 5.41) is 20.2. The lowest BCUT2D eigenvalue weighted by Gasteiger charge is -2.21. The molecule has 0 spiro atoms. The van der Waals surface area contributed by atoms with Gasteiger partial charge >= 0.3 is 11.9 Å². The Bertz CT molecular complexity index is 445. The Morgan fingerprint density at radius 3 is 2.45 bits per heavy atom. The number of fused-ring (bicyclic) bond motifs is 2. The van der Waals surface area contributed by atoms with Gasteiger partial charge in [-0.05, 0) is 37.5 Å². The van der Waals surface area contributed by atoms with Crippen molar-refractivity contribution in [3.63, 3.8) is 0 Å². The molecule has 6 nitrogen and oxygen atoms in total. The SMILES string of the molecule is O=C(O)CCC[C@@H](NC(=O)C1CC2C=CC1C2)C(=O)O. The lowest BCUT2D eigenvalue weighted by molar-refractivity contribution is -0.143. The highest BCUT2D eigenvalue weighted by Crippen LogP contribution is 2.43. The molecule has 0 aromatic carbocycles. The average molecular weight is 281 g/mol. The quantitative estimate of drug-likeness (QED) is 0.604. The number of amides is 1. The zero-order chi connectivity index (χ0) is 14.7. The van der Waals surface area contributed by atoms with E-state index >= 15 is 0 Å². The molecule has 3 unspecified atom stereocenters. The molecular weight excluding hydrogens is 262 g/mol. The van der Waals surface area contributed by atoms with Crippen LogP contribution in [0.4, 0.5) is 0 Å². The van der Waals surface area contributed by atoms with Gasteiger partial charge in [-0.15, -0.1) is 0 Å². The van der Waals surface area contributed by atoms with Gasteiger partial charge in [0.15, 0.2) is 0 Å². The molecule has 3 N–H and O–H groups in total. The van der Waals surface area contributed by atoms with Crippen LogP contribution < -0.4 is 5.32 Å². The molecule has 6 heteroatoms. The van der Waals surface area contributed by atoms with Gasteiger partial charge in [-0.2, -0.15) is 0 Å². The Kier molecular flexibility index (Phi) is 4.42. The molecule has 0 saturated heterocycles. The van der Waals surface area contributed by atoms with Crippen molar-refractivity contribution in [3.05, 3.63) is 12.2 Å². The molecule has 0 aromatic rings. The second-order valence-electron chi connectivity index (χ2n) is 5.57. The van der Waals surface area contributed by atoms with E-state index in [0.717, 1.165) is 12.8 Å². The number of carboxylic acids is 2. The number of carboxylic acid groups (broad SMARTS) is 2. The molecule has 1 amide bonds. The molecule has 2 aliphatic carbocycles. The highest BCUT2D eigenvalue weighted by molar-refractivity contribution is 5.85. The molecule has 2 bridgehead atoms. The summed E-state index contributed by atoms with van der Waals surface area (Å²) in [6.07, 6.45) is 6.22. The van der Waals surface area contributed by atoms with Crippen molar-refractivity contribution in [2.45, 2.75) is 38.1 Å². The summed E-state index contributed by atoms with van der Waals surface area (Å²) >= 11 is 0. The van der Waals surface area contributed by atoms with Gasteiger partial charge in [0.1, 0.15) is 6.04 Å². The fourth-order valence-corrected chi connectivity index (χ4v) is 3.08. The van der Waals surface area contributed by atoms with Gasteiger partial charge in [-0.1, -0.05) is 12.2 Å². The van der Waals surface area contributed by atoms with E-state index in [4.69, 9.17) is 10.2 Å². The number of rotatable bonds is 7. The van der Waals surface area contributed by atoms with E-state index in [-0.39, 0.29) is 37.0 Å². The Morgan fingerprint density at radius 1 is 1.20 bits per heavy atom. The smallest absolute Gasteiger partial charge is 0.326 e. The van der Waals surface area contributed by atoms with E-state index in [1.807, 2.05) is 6.08 Å². The summed E-state index contributed by atoms with van der Waals surface area (Å²) < 4.78 is 0. The third kappa shape index (κ3) is 3.37. The maximum atomic E-state index is 12.1. The number of allylic oxidation sites excluding steroid dienone is 2. The minimum atomic E-state index is -1.11. The first-order valence-electron chi connectivity index (χ1n) is 6.90. The predicted molar refractivity (Wildman–Crippen MR) is 69.9 cm³/mol. The third-order valence-corrected chi connectivity index (χ3v) is 4.11. The van der Waals surface area contributed by atoms with E-state index in [0.29, 0.717) is 5.92 Å². The Morgan fingerprint density at radius 2 is 1.95 bits per heavy atom. The van der Waals surface area contributed by atoms with Crippen LogP contribution in [0.25, 0.3) is 0 Å². The lowest BCUT2D eigenvalue weighted by Crippen LogP contribution is -2.44. The van der Waals surface area contributed by atoms with E-state index in [1.54, 1.807) is 0 Å². The van der Waals surface area contributed by atoms with Crippen molar-refractivity contribution < 1.29 is 24.6 Å². The summed E-state index contributed by atoms with van der Waals surface area (Å²) in [5.41, 5.74) is 0. The lowest BCUT2D eigenvalue weighted by atomic mass is 9.92. The second-order valence-corrected chi connectivity index (χ2v) is 5.57. The van der Waals surface area contributed by atoms with Crippen molar-refractivity contribution in [1.29, 1.82) is 0 Å². The average Bonchev–Trinajstić information content (AvgIpc) is 2.98. The molecule has 2 aliphatic rings. The van der Waals surface area contributed by atoms with Gasteiger partial charge in [0.05, 0.1) is 0 Å². The number of carbonyl (C=O) groups is 3. The summed E-state index contributed by atoms with van der Waals surface area (Å²) in [4.78, 5) is 33.7. The predicted octanol–water partition coefficient (Wildman–Crippen LogP) is 1.02. The van der Waals surface area contributed by atoms with Crippen LogP contribution in [0.15, 0.2) is 12.2 Å². The molecule has 1 saturated carbocycles. The van der Waals surface area contributed by atoms with Gasteiger partial charge < -0.3 is 15.5 Å². The van der Waals surface area contributed by atoms with Gasteiger partial charge in [-0.25, -0.2) is 4.79 Å². The highest BCUT2D eigenvalue weighted by atomic mass is 16.4. The van der Waals surface area contributed by atoms with E-state index in [1.165, 1.54) is 0 Å². The maximum absolute atomic E-state index is 12.1. The summed E-state index contributed by atoms with van der Waals surface area (Å²) in [6, 6.07) is -0.995. The molecule has 4 atom stereocenters. The summed E-state index contributed by atoms with van der Waals surface area (Å²) in [6.45, 7) is 0. The Hall–Kier alpha value is -1.85. The van der Waals surface area contributed by atoms with Gasteiger partial charge in [-0.3, -0.25) is 9.59 Å². The molecule has 110 valence electrons. The Balaban J connectivity index is 1.84. The maximum Gasteiger partial charge on any atom is 0.326 e. The topological polar surface area (TPSA) is 104 Å². The van der Waals surface area contributed by atoms with Crippen molar-refractivity contribution in [1.82, 2.24) is 5.32 Å². The van der Waals surface area contributed by atoms with Crippen LogP contribution in [0.3, 0.4) is 0 Å². The van der Waals surface area contributed by atoms with Crippen molar-refractivity contribution in [2.24, 2.45) is 17.8 Å². The van der Waals surface area contributed by atoms with Gasteiger partial charge in [0, 0.05) is 12.3 Å². The molecule has 1 fully saturated rings. The fourth-order valence-electron chi connectivity index (χ4n) is 3.08. The van der Waals surface area contributed by atoms with Crippen molar-refractivity contribution in [3.8, 4) is 0 Å². The first-order chi connectivity index (χ1) is 9.47. The van der Waals surface area contributed by atoms with Crippen LogP contribution >= 0.6 is 0 Å². The Labute approximate surface area is 116 Å². The molecule has 2 rings (SSSR count). The van der Waals surface area contributed by atoms with Crippen LogP contribution in [0.1, 0.15) is 32.1 Å². The molecular formula is C14H19NO5. The summed E-state index contributed by atoms with van der Waals surface area (Å²) in [7, 11) is 0. The minimum absolute atomic E-state index is 0.0868. The highest BCUT2D eigenvalue weighted by Gasteiger charge is 2.40. The third-order valence-electron chi connectivity index (χ3n) is 4.11. The first-order valence-corrected chi connectivity index (χ1v) is 6.90. The largest absolute Gasteiger partial charge is 0.481 e. The molecule has 0 aliphatic heterocycles. The number of aliphatic carboxylic acids is 2. The fraction of sp³-hybridized carbons (Fsp3) is 0.643. The zero-order valence-electron chi connectivity index (χ0n) is 11.1. The van der Waals surface area contributed by atoms with Crippen molar-refractivity contribution >= 4 is 17.8 Å².